The van der Waals surface area contributed by atoms with Gasteiger partial charge in [0, 0.05) is 32.0 Å². The lowest BCUT2D eigenvalue weighted by molar-refractivity contribution is 0.0699. The molecule has 1 aromatic carbocycles. The summed E-state index contributed by atoms with van der Waals surface area (Å²) in [7, 11) is 4.20. The third-order valence-corrected chi connectivity index (χ3v) is 3.36. The van der Waals surface area contributed by atoms with Crippen molar-refractivity contribution in [2.45, 2.75) is 19.4 Å². The average molecular weight is 248 g/mol. The Kier molecular flexibility index (Phi) is 5.02. The van der Waals surface area contributed by atoms with Gasteiger partial charge in [-0.1, -0.05) is 12.1 Å². The van der Waals surface area contributed by atoms with Crippen LogP contribution < -0.4 is 5.32 Å². The zero-order chi connectivity index (χ0) is 12.8. The first-order valence-corrected chi connectivity index (χ1v) is 6.79. The van der Waals surface area contributed by atoms with Crippen molar-refractivity contribution in [2.24, 2.45) is 5.92 Å². The van der Waals surface area contributed by atoms with E-state index in [4.69, 9.17) is 4.74 Å². The Morgan fingerprint density at radius 1 is 1.28 bits per heavy atom. The van der Waals surface area contributed by atoms with Crippen LogP contribution in [-0.4, -0.2) is 38.8 Å². The van der Waals surface area contributed by atoms with Crippen LogP contribution in [-0.2, 0) is 11.3 Å². The van der Waals surface area contributed by atoms with Crippen LogP contribution in [0.2, 0.25) is 0 Å². The Bertz CT molecular complexity index is 359. The predicted molar refractivity (Wildman–Crippen MR) is 75.9 cm³/mol. The lowest BCUT2D eigenvalue weighted by Crippen LogP contribution is -2.22. The van der Waals surface area contributed by atoms with Crippen molar-refractivity contribution in [3.63, 3.8) is 0 Å². The summed E-state index contributed by atoms with van der Waals surface area (Å²) < 4.78 is 5.38. The van der Waals surface area contributed by atoms with Crippen molar-refractivity contribution in [3.05, 3.63) is 29.8 Å². The van der Waals surface area contributed by atoms with Gasteiger partial charge < -0.3 is 15.0 Å². The zero-order valence-electron chi connectivity index (χ0n) is 11.5. The van der Waals surface area contributed by atoms with Crippen LogP contribution in [0.25, 0.3) is 0 Å². The zero-order valence-corrected chi connectivity index (χ0v) is 11.5. The number of rotatable bonds is 5. The molecule has 1 saturated heterocycles. The predicted octanol–water partition coefficient (Wildman–Crippen LogP) is 2.59. The molecule has 1 aromatic rings. The van der Waals surface area contributed by atoms with Crippen molar-refractivity contribution >= 4 is 5.69 Å². The van der Waals surface area contributed by atoms with Crippen LogP contribution in [0.15, 0.2) is 24.3 Å². The summed E-state index contributed by atoms with van der Waals surface area (Å²) in [5, 5.41) is 3.55. The van der Waals surface area contributed by atoms with E-state index in [0.29, 0.717) is 0 Å². The molecule has 0 unspecified atom stereocenters. The highest BCUT2D eigenvalue weighted by Crippen LogP contribution is 2.17. The quantitative estimate of drug-likeness (QED) is 0.867. The summed E-state index contributed by atoms with van der Waals surface area (Å²) in [5.41, 5.74) is 2.60. The fourth-order valence-electron chi connectivity index (χ4n) is 2.36. The van der Waals surface area contributed by atoms with Gasteiger partial charge in [-0.05, 0) is 50.6 Å². The van der Waals surface area contributed by atoms with E-state index in [1.807, 2.05) is 0 Å². The Morgan fingerprint density at radius 3 is 2.78 bits per heavy atom. The summed E-state index contributed by atoms with van der Waals surface area (Å²) in [6, 6.07) is 8.71. The molecule has 1 aliphatic heterocycles. The Labute approximate surface area is 110 Å². The van der Waals surface area contributed by atoms with E-state index in [1.54, 1.807) is 0 Å². The van der Waals surface area contributed by atoms with Gasteiger partial charge in [0.25, 0.3) is 0 Å². The molecule has 0 aromatic heterocycles. The van der Waals surface area contributed by atoms with E-state index in [1.165, 1.54) is 24.1 Å². The van der Waals surface area contributed by atoms with Gasteiger partial charge in [0.2, 0.25) is 0 Å². The standard InChI is InChI=1S/C15H24N2O/c1-17(2)12-14-4-3-5-15(10-14)16-11-13-6-8-18-9-7-13/h3-5,10,13,16H,6-9,11-12H2,1-2H3. The molecule has 0 atom stereocenters. The molecule has 0 aliphatic carbocycles. The van der Waals surface area contributed by atoms with Gasteiger partial charge in [-0.2, -0.15) is 0 Å². The van der Waals surface area contributed by atoms with Crippen molar-refractivity contribution in [1.29, 1.82) is 0 Å². The summed E-state index contributed by atoms with van der Waals surface area (Å²) in [5.74, 6) is 0.760. The highest BCUT2D eigenvalue weighted by Gasteiger charge is 2.13. The summed E-state index contributed by atoms with van der Waals surface area (Å²) >= 11 is 0. The SMILES string of the molecule is CN(C)Cc1cccc(NCC2CCOCC2)c1. The highest BCUT2D eigenvalue weighted by molar-refractivity contribution is 5.45. The molecule has 1 heterocycles. The molecule has 1 N–H and O–H groups in total. The van der Waals surface area contributed by atoms with Gasteiger partial charge in [0.1, 0.15) is 0 Å². The molecule has 0 spiro atoms. The third kappa shape index (κ3) is 4.31. The molecule has 0 saturated carbocycles. The maximum Gasteiger partial charge on any atom is 0.0469 e. The summed E-state index contributed by atoms with van der Waals surface area (Å²) in [6.07, 6.45) is 2.37. The van der Waals surface area contributed by atoms with Crippen LogP contribution in [0.3, 0.4) is 0 Å². The molecule has 18 heavy (non-hydrogen) atoms. The molecule has 0 amide bonds. The number of nitrogens with one attached hydrogen (secondary N) is 1. The molecule has 1 aliphatic rings. The fraction of sp³-hybridized carbons (Fsp3) is 0.600. The number of benzene rings is 1. The topological polar surface area (TPSA) is 24.5 Å². The van der Waals surface area contributed by atoms with Crippen molar-refractivity contribution in [3.8, 4) is 0 Å². The second kappa shape index (κ2) is 6.76. The van der Waals surface area contributed by atoms with Crippen LogP contribution in [0, 0.1) is 5.92 Å². The molecule has 3 nitrogen and oxygen atoms in total. The van der Waals surface area contributed by atoms with E-state index in [-0.39, 0.29) is 0 Å². The van der Waals surface area contributed by atoms with E-state index in [0.717, 1.165) is 32.2 Å². The minimum Gasteiger partial charge on any atom is -0.385 e. The maximum absolute atomic E-state index is 5.38. The van der Waals surface area contributed by atoms with Gasteiger partial charge in [-0.15, -0.1) is 0 Å². The molecule has 100 valence electrons. The molecule has 1 fully saturated rings. The van der Waals surface area contributed by atoms with E-state index >= 15 is 0 Å². The number of anilines is 1. The van der Waals surface area contributed by atoms with Crippen molar-refractivity contribution in [2.75, 3.05) is 39.2 Å². The molecular formula is C15H24N2O. The minimum absolute atomic E-state index is 0.760. The molecule has 0 bridgehead atoms. The maximum atomic E-state index is 5.38. The van der Waals surface area contributed by atoms with Gasteiger partial charge in [-0.3, -0.25) is 0 Å². The second-order valence-corrected chi connectivity index (χ2v) is 5.37. The van der Waals surface area contributed by atoms with Crippen LogP contribution in [0.4, 0.5) is 5.69 Å². The Hall–Kier alpha value is -1.06. The normalized spacial score (nSPS) is 17.1. The number of hydrogen-bond donors (Lipinski definition) is 1. The van der Waals surface area contributed by atoms with Gasteiger partial charge in [-0.25, -0.2) is 0 Å². The lowest BCUT2D eigenvalue weighted by atomic mass is 10.0. The lowest BCUT2D eigenvalue weighted by Gasteiger charge is -2.22. The van der Waals surface area contributed by atoms with Crippen LogP contribution in [0.1, 0.15) is 18.4 Å². The van der Waals surface area contributed by atoms with Crippen LogP contribution >= 0.6 is 0 Å². The molecular weight excluding hydrogens is 224 g/mol. The van der Waals surface area contributed by atoms with E-state index in [2.05, 4.69) is 48.6 Å². The summed E-state index contributed by atoms with van der Waals surface area (Å²) in [6.45, 7) is 3.90. The van der Waals surface area contributed by atoms with Crippen molar-refractivity contribution in [1.82, 2.24) is 4.90 Å². The monoisotopic (exact) mass is 248 g/mol. The number of nitrogens with zero attached hydrogens (tertiary/aromatic N) is 1. The number of hydrogen-bond acceptors (Lipinski definition) is 3. The molecule has 3 heteroatoms. The average Bonchev–Trinajstić information content (AvgIpc) is 2.37. The number of ether oxygens (including phenoxy) is 1. The highest BCUT2D eigenvalue weighted by atomic mass is 16.5. The smallest absolute Gasteiger partial charge is 0.0469 e. The first-order chi connectivity index (χ1) is 8.74. The Morgan fingerprint density at radius 2 is 2.06 bits per heavy atom. The second-order valence-electron chi connectivity index (χ2n) is 5.37. The van der Waals surface area contributed by atoms with Crippen molar-refractivity contribution < 1.29 is 4.74 Å². The van der Waals surface area contributed by atoms with Gasteiger partial charge in [0.15, 0.2) is 0 Å². The molecule has 0 radical (unpaired) electrons. The fourth-order valence-corrected chi connectivity index (χ4v) is 2.36. The van der Waals surface area contributed by atoms with E-state index < -0.39 is 0 Å². The third-order valence-electron chi connectivity index (χ3n) is 3.36. The first kappa shape index (κ1) is 13.4. The van der Waals surface area contributed by atoms with E-state index in [9.17, 15) is 0 Å². The Balaban J connectivity index is 1.84. The van der Waals surface area contributed by atoms with Gasteiger partial charge in [0.05, 0.1) is 0 Å². The van der Waals surface area contributed by atoms with Gasteiger partial charge >= 0.3 is 0 Å². The van der Waals surface area contributed by atoms with Crippen LogP contribution in [0.5, 0.6) is 0 Å². The largest absolute Gasteiger partial charge is 0.385 e. The minimum atomic E-state index is 0.760. The summed E-state index contributed by atoms with van der Waals surface area (Å²) in [4.78, 5) is 2.19. The molecule has 2 rings (SSSR count). The first-order valence-electron chi connectivity index (χ1n) is 6.79.